The number of rotatable bonds is 7. The summed E-state index contributed by atoms with van der Waals surface area (Å²) in [5, 5.41) is 9.03. The van der Waals surface area contributed by atoms with Crippen LogP contribution >= 0.6 is 20.0 Å². The monoisotopic (exact) mass is 385 g/mol. The number of hydrogen-bond acceptors (Lipinski definition) is 3. The van der Waals surface area contributed by atoms with Crippen LogP contribution in [0, 0.1) is 0 Å². The molecule has 0 heterocycles. The average Bonchev–Trinajstić information content (AvgIpc) is 2.53. The molecule has 0 aromatic heterocycles. The molecule has 6 nitrogen and oxygen atoms in total. The zero-order chi connectivity index (χ0) is 17.7. The first-order chi connectivity index (χ1) is 11.3. The smallest absolute Gasteiger partial charge is 0.325 e. The minimum atomic E-state index is -4.16. The van der Waals surface area contributed by atoms with Gasteiger partial charge in [0, 0.05) is 0 Å². The van der Waals surface area contributed by atoms with Gasteiger partial charge in [-0.3, -0.25) is 9.36 Å². The van der Waals surface area contributed by atoms with Gasteiger partial charge in [-0.15, -0.1) is 12.4 Å². The minimum absolute atomic E-state index is 0. The quantitative estimate of drug-likeness (QED) is 0.543. The first kappa shape index (κ1) is 21.4. The Hall–Kier alpha value is -1.69. The van der Waals surface area contributed by atoms with Crippen LogP contribution in [-0.2, 0) is 22.2 Å². The Kier molecular flexibility index (Phi) is 7.80. The molecule has 0 fully saturated rings. The van der Waals surface area contributed by atoms with Crippen LogP contribution in [0.3, 0.4) is 0 Å². The summed E-state index contributed by atoms with van der Waals surface area (Å²) in [5.41, 5.74) is 8.79. The van der Waals surface area contributed by atoms with Gasteiger partial charge in [0.15, 0.2) is 0 Å². The van der Waals surface area contributed by atoms with E-state index in [-0.39, 0.29) is 31.4 Å². The molecule has 0 aliphatic carbocycles. The second kappa shape index (κ2) is 9.13. The summed E-state index contributed by atoms with van der Waals surface area (Å²) in [6.45, 7) is 0. The summed E-state index contributed by atoms with van der Waals surface area (Å²) in [5.74, 6) is -1.11. The van der Waals surface area contributed by atoms with Crippen molar-refractivity contribution in [3.63, 3.8) is 0 Å². The highest BCUT2D eigenvalue weighted by atomic mass is 35.5. The summed E-state index contributed by atoms with van der Waals surface area (Å²) < 4.78 is 11.3. The van der Waals surface area contributed by atoms with E-state index in [4.69, 9.17) is 10.8 Å². The van der Waals surface area contributed by atoms with Crippen LogP contribution < -0.4 is 5.73 Å². The normalized spacial score (nSPS) is 12.3. The predicted molar refractivity (Wildman–Crippen MR) is 99.1 cm³/mol. The lowest BCUT2D eigenvalue weighted by Crippen LogP contribution is -2.32. The van der Waals surface area contributed by atoms with Crippen LogP contribution in [0.4, 0.5) is 0 Å². The Morgan fingerprint density at radius 2 is 1.72 bits per heavy atom. The molecule has 8 heteroatoms. The van der Waals surface area contributed by atoms with Gasteiger partial charge >= 0.3 is 13.6 Å². The van der Waals surface area contributed by atoms with Crippen LogP contribution in [0.2, 0.25) is 0 Å². The number of hydrogen-bond donors (Lipinski definition) is 4. The van der Waals surface area contributed by atoms with Gasteiger partial charge in [-0.05, 0) is 35.1 Å². The number of carboxylic acid groups (broad SMARTS) is 1. The van der Waals surface area contributed by atoms with E-state index in [0.29, 0.717) is 5.56 Å². The highest BCUT2D eigenvalue weighted by molar-refractivity contribution is 7.51. The number of halogens is 1. The van der Waals surface area contributed by atoms with Gasteiger partial charge in [0.05, 0.1) is 6.16 Å². The molecule has 0 spiro atoms. The lowest BCUT2D eigenvalue weighted by molar-refractivity contribution is -0.138. The van der Waals surface area contributed by atoms with E-state index in [1.54, 1.807) is 12.1 Å². The molecular weight excluding hydrogens is 365 g/mol. The second-order valence-electron chi connectivity index (χ2n) is 5.60. The summed E-state index contributed by atoms with van der Waals surface area (Å²) >= 11 is 0. The molecule has 2 aromatic rings. The summed E-state index contributed by atoms with van der Waals surface area (Å²) in [7, 11) is -4.16. The second-order valence-corrected chi connectivity index (χ2v) is 7.37. The van der Waals surface area contributed by atoms with Gasteiger partial charge in [-0.2, -0.15) is 0 Å². The van der Waals surface area contributed by atoms with Crippen molar-refractivity contribution in [1.82, 2.24) is 0 Å². The third-order valence-corrected chi connectivity index (χ3v) is 4.57. The summed E-state index contributed by atoms with van der Waals surface area (Å²) in [6, 6.07) is 13.8. The SMILES string of the molecule is Cl.N[C@@H](Cc1cccc(-c2ccccc2)c1CCP(=O)(O)O)C(=O)O. The standard InChI is InChI=1S/C17H20NO5P.ClH/c18-16(17(19)20)11-13-7-4-8-14(12-5-2-1-3-6-12)15(13)9-10-24(21,22)23;/h1-8,16H,9-11,18H2,(H,19,20)(H2,21,22,23);1H/t16-;/m0./s1. The Morgan fingerprint density at radius 1 is 1.08 bits per heavy atom. The van der Waals surface area contributed by atoms with Gasteiger partial charge in [-0.1, -0.05) is 48.5 Å². The highest BCUT2D eigenvalue weighted by Gasteiger charge is 2.20. The van der Waals surface area contributed by atoms with E-state index >= 15 is 0 Å². The third-order valence-electron chi connectivity index (χ3n) is 3.77. The van der Waals surface area contributed by atoms with Gasteiger partial charge in [-0.25, -0.2) is 0 Å². The molecule has 5 N–H and O–H groups in total. The molecule has 0 saturated heterocycles. The van der Waals surface area contributed by atoms with Crippen LogP contribution in [-0.4, -0.2) is 33.1 Å². The summed E-state index contributed by atoms with van der Waals surface area (Å²) in [4.78, 5) is 29.4. The molecule has 136 valence electrons. The van der Waals surface area contributed by atoms with Crippen LogP contribution in [0.25, 0.3) is 11.1 Å². The van der Waals surface area contributed by atoms with Gasteiger partial charge < -0.3 is 20.6 Å². The van der Waals surface area contributed by atoms with Crippen molar-refractivity contribution in [2.75, 3.05) is 6.16 Å². The molecule has 0 unspecified atom stereocenters. The van der Waals surface area contributed by atoms with E-state index < -0.39 is 19.6 Å². The van der Waals surface area contributed by atoms with Gasteiger partial charge in [0.2, 0.25) is 0 Å². The highest BCUT2D eigenvalue weighted by Crippen LogP contribution is 2.37. The fourth-order valence-corrected chi connectivity index (χ4v) is 3.11. The number of aliphatic carboxylic acids is 1. The molecule has 0 aliphatic heterocycles. The Labute approximate surface area is 152 Å². The van der Waals surface area contributed by atoms with E-state index in [1.165, 1.54) is 0 Å². The maximum Gasteiger partial charge on any atom is 0.325 e. The molecule has 0 aliphatic rings. The predicted octanol–water partition coefficient (Wildman–Crippen LogP) is 2.45. The first-order valence-corrected chi connectivity index (χ1v) is 9.27. The van der Waals surface area contributed by atoms with E-state index in [0.717, 1.165) is 16.7 Å². The summed E-state index contributed by atoms with van der Waals surface area (Å²) in [6.07, 6.45) is -0.0460. The largest absolute Gasteiger partial charge is 0.480 e. The maximum atomic E-state index is 11.3. The molecule has 25 heavy (non-hydrogen) atoms. The molecule has 2 aromatic carbocycles. The fourth-order valence-electron chi connectivity index (χ4n) is 2.59. The van der Waals surface area contributed by atoms with Crippen molar-refractivity contribution in [1.29, 1.82) is 0 Å². The van der Waals surface area contributed by atoms with Gasteiger partial charge in [0.25, 0.3) is 0 Å². The molecule has 0 bridgehead atoms. The molecule has 0 saturated carbocycles. The molecule has 1 atom stereocenters. The van der Waals surface area contributed by atoms with E-state index in [1.807, 2.05) is 36.4 Å². The average molecular weight is 386 g/mol. The number of benzene rings is 2. The zero-order valence-corrected chi connectivity index (χ0v) is 15.1. The molecular formula is C17H21ClNO5P. The van der Waals surface area contributed by atoms with E-state index in [2.05, 4.69) is 0 Å². The lowest BCUT2D eigenvalue weighted by atomic mass is 9.91. The van der Waals surface area contributed by atoms with Crippen molar-refractivity contribution in [2.24, 2.45) is 5.73 Å². The fraction of sp³-hybridized carbons (Fsp3) is 0.235. The van der Waals surface area contributed by atoms with Crippen LogP contribution in [0.15, 0.2) is 48.5 Å². The Morgan fingerprint density at radius 3 is 2.28 bits per heavy atom. The van der Waals surface area contributed by atoms with Crippen molar-refractivity contribution in [3.8, 4) is 11.1 Å². The third kappa shape index (κ3) is 6.27. The topological polar surface area (TPSA) is 121 Å². The molecule has 0 radical (unpaired) electrons. The molecule has 2 rings (SSSR count). The first-order valence-electron chi connectivity index (χ1n) is 7.47. The lowest BCUT2D eigenvalue weighted by Gasteiger charge is -2.17. The van der Waals surface area contributed by atoms with Gasteiger partial charge in [0.1, 0.15) is 6.04 Å². The van der Waals surface area contributed by atoms with E-state index in [9.17, 15) is 19.1 Å². The van der Waals surface area contributed by atoms with Crippen molar-refractivity contribution in [3.05, 3.63) is 59.7 Å². The molecule has 0 amide bonds. The minimum Gasteiger partial charge on any atom is -0.480 e. The Bertz CT molecular complexity index is 763. The maximum absolute atomic E-state index is 11.3. The van der Waals surface area contributed by atoms with Crippen molar-refractivity contribution < 1.29 is 24.3 Å². The number of carbonyl (C=O) groups is 1. The van der Waals surface area contributed by atoms with Crippen LogP contribution in [0.1, 0.15) is 11.1 Å². The van der Waals surface area contributed by atoms with Crippen molar-refractivity contribution in [2.45, 2.75) is 18.9 Å². The zero-order valence-electron chi connectivity index (χ0n) is 13.4. The number of carboxylic acids is 1. The van der Waals surface area contributed by atoms with Crippen molar-refractivity contribution >= 4 is 26.0 Å². The Balaban J connectivity index is 0.00000312. The number of nitrogens with two attached hydrogens (primary N) is 1. The van der Waals surface area contributed by atoms with Crippen LogP contribution in [0.5, 0.6) is 0 Å².